The predicted octanol–water partition coefficient (Wildman–Crippen LogP) is -0.145. The Kier molecular flexibility index (Phi) is 4.69. The minimum absolute atomic E-state index is 0.0968. The van der Waals surface area contributed by atoms with E-state index in [4.69, 9.17) is 0 Å². The highest BCUT2D eigenvalue weighted by molar-refractivity contribution is 6.43. The summed E-state index contributed by atoms with van der Waals surface area (Å²) in [6, 6.07) is 0. The molecule has 0 aliphatic carbocycles. The lowest BCUT2D eigenvalue weighted by Crippen LogP contribution is -2.31. The van der Waals surface area contributed by atoms with E-state index in [0.29, 0.717) is 12.3 Å². The van der Waals surface area contributed by atoms with E-state index < -0.39 is 0 Å². The fourth-order valence-corrected chi connectivity index (χ4v) is 2.26. The Balaban J connectivity index is 1.52. The second-order valence-corrected chi connectivity index (χ2v) is 4.78. The molecule has 0 aromatic carbocycles. The van der Waals surface area contributed by atoms with Crippen LogP contribution in [0.2, 0.25) is 0 Å². The standard InChI is InChI=1S/C12H20N4O2/c17-11-9-10(14-15-11)12(18)13-5-1-2-6-16-7-3-4-8-16/h1-9H2,(H,13,18)(H,15,17). The molecule has 18 heavy (non-hydrogen) atoms. The van der Waals surface area contributed by atoms with Crippen LogP contribution in [-0.4, -0.2) is 48.6 Å². The van der Waals surface area contributed by atoms with E-state index in [-0.39, 0.29) is 18.2 Å². The third-order valence-electron chi connectivity index (χ3n) is 3.29. The minimum Gasteiger partial charge on any atom is -0.351 e. The smallest absolute Gasteiger partial charge is 0.268 e. The zero-order valence-electron chi connectivity index (χ0n) is 10.6. The van der Waals surface area contributed by atoms with E-state index >= 15 is 0 Å². The highest BCUT2D eigenvalue weighted by Crippen LogP contribution is 2.07. The van der Waals surface area contributed by atoms with Crippen LogP contribution in [0.5, 0.6) is 0 Å². The van der Waals surface area contributed by atoms with Crippen LogP contribution in [0.1, 0.15) is 32.1 Å². The molecule has 2 N–H and O–H groups in total. The van der Waals surface area contributed by atoms with E-state index in [9.17, 15) is 9.59 Å². The molecule has 1 fully saturated rings. The number of nitrogens with one attached hydrogen (secondary N) is 2. The summed E-state index contributed by atoms with van der Waals surface area (Å²) >= 11 is 0. The molecule has 2 aliphatic heterocycles. The third kappa shape index (κ3) is 3.80. The van der Waals surface area contributed by atoms with Crippen LogP contribution in [0.15, 0.2) is 5.10 Å². The molecule has 2 amide bonds. The Morgan fingerprint density at radius 2 is 2.11 bits per heavy atom. The number of carbonyl (C=O) groups is 2. The molecule has 0 unspecified atom stereocenters. The quantitative estimate of drug-likeness (QED) is 0.646. The van der Waals surface area contributed by atoms with Crippen LogP contribution >= 0.6 is 0 Å². The predicted molar refractivity (Wildman–Crippen MR) is 68.1 cm³/mol. The van der Waals surface area contributed by atoms with Gasteiger partial charge in [0, 0.05) is 6.54 Å². The van der Waals surface area contributed by atoms with Crippen LogP contribution in [0.25, 0.3) is 0 Å². The number of carbonyl (C=O) groups excluding carboxylic acids is 2. The summed E-state index contributed by atoms with van der Waals surface area (Å²) in [5.41, 5.74) is 2.56. The number of amides is 2. The molecular weight excluding hydrogens is 232 g/mol. The monoisotopic (exact) mass is 252 g/mol. The van der Waals surface area contributed by atoms with E-state index in [2.05, 4.69) is 20.7 Å². The van der Waals surface area contributed by atoms with Gasteiger partial charge in [-0.25, -0.2) is 5.43 Å². The number of hydrogen-bond acceptors (Lipinski definition) is 4. The van der Waals surface area contributed by atoms with E-state index in [1.54, 1.807) is 0 Å². The molecule has 0 saturated carbocycles. The number of likely N-dealkylation sites (tertiary alicyclic amines) is 1. The molecule has 0 bridgehead atoms. The average Bonchev–Trinajstić information content (AvgIpc) is 2.99. The van der Waals surface area contributed by atoms with Gasteiger partial charge in [0.15, 0.2) is 0 Å². The molecule has 0 atom stereocenters. The summed E-state index contributed by atoms with van der Waals surface area (Å²) in [5.74, 6) is -0.441. The zero-order chi connectivity index (χ0) is 12.8. The molecule has 0 aromatic heterocycles. The lowest BCUT2D eigenvalue weighted by Gasteiger charge is -2.13. The largest absolute Gasteiger partial charge is 0.351 e. The van der Waals surface area contributed by atoms with E-state index in [0.717, 1.165) is 19.4 Å². The van der Waals surface area contributed by atoms with Crippen LogP contribution in [0.3, 0.4) is 0 Å². The van der Waals surface area contributed by atoms with Gasteiger partial charge in [-0.15, -0.1) is 0 Å². The van der Waals surface area contributed by atoms with Gasteiger partial charge in [-0.2, -0.15) is 5.10 Å². The van der Waals surface area contributed by atoms with E-state index in [1.807, 2.05) is 0 Å². The van der Waals surface area contributed by atoms with Gasteiger partial charge < -0.3 is 10.2 Å². The summed E-state index contributed by atoms with van der Waals surface area (Å²) in [4.78, 5) is 24.9. The van der Waals surface area contributed by atoms with E-state index in [1.165, 1.54) is 25.9 Å². The van der Waals surface area contributed by atoms with Crippen molar-refractivity contribution in [3.63, 3.8) is 0 Å². The first-order valence-electron chi connectivity index (χ1n) is 6.61. The topological polar surface area (TPSA) is 73.8 Å². The SMILES string of the molecule is O=C1CC(C(=O)NCCCCN2CCCC2)=NN1. The fourth-order valence-electron chi connectivity index (χ4n) is 2.26. The molecule has 0 aromatic rings. The van der Waals surface area contributed by atoms with Gasteiger partial charge in [0.05, 0.1) is 6.42 Å². The lowest BCUT2D eigenvalue weighted by molar-refractivity contribution is -0.120. The van der Waals surface area contributed by atoms with Crippen molar-refractivity contribution in [2.24, 2.45) is 5.10 Å². The van der Waals surface area contributed by atoms with Crippen molar-refractivity contribution in [1.82, 2.24) is 15.6 Å². The molecular formula is C12H20N4O2. The van der Waals surface area contributed by atoms with Gasteiger partial charge in [0.1, 0.15) is 5.71 Å². The summed E-state index contributed by atoms with van der Waals surface area (Å²) in [7, 11) is 0. The second-order valence-electron chi connectivity index (χ2n) is 4.78. The van der Waals surface area contributed by atoms with Gasteiger partial charge in [-0.05, 0) is 45.3 Å². The Bertz CT molecular complexity index is 348. The van der Waals surface area contributed by atoms with Crippen molar-refractivity contribution in [3.05, 3.63) is 0 Å². The van der Waals surface area contributed by atoms with Gasteiger partial charge in [0.25, 0.3) is 5.91 Å². The van der Waals surface area contributed by atoms with Crippen molar-refractivity contribution in [1.29, 1.82) is 0 Å². The molecule has 2 heterocycles. The van der Waals surface area contributed by atoms with Crippen molar-refractivity contribution in [2.45, 2.75) is 32.1 Å². The lowest BCUT2D eigenvalue weighted by atomic mass is 10.2. The highest BCUT2D eigenvalue weighted by atomic mass is 16.2. The number of unbranched alkanes of at least 4 members (excludes halogenated alkanes) is 1. The molecule has 2 aliphatic rings. The number of hydrogen-bond donors (Lipinski definition) is 2. The molecule has 0 radical (unpaired) electrons. The van der Waals surface area contributed by atoms with Crippen LogP contribution < -0.4 is 10.7 Å². The second kappa shape index (κ2) is 6.49. The Morgan fingerprint density at radius 3 is 2.78 bits per heavy atom. The number of nitrogens with zero attached hydrogens (tertiary/aromatic N) is 2. The maximum Gasteiger partial charge on any atom is 0.268 e. The van der Waals surface area contributed by atoms with Gasteiger partial charge in [0.2, 0.25) is 5.91 Å². The van der Waals surface area contributed by atoms with Crippen molar-refractivity contribution >= 4 is 17.5 Å². The maximum absolute atomic E-state index is 11.6. The molecule has 6 heteroatoms. The third-order valence-corrected chi connectivity index (χ3v) is 3.29. The van der Waals surface area contributed by atoms with Gasteiger partial charge in [-0.1, -0.05) is 0 Å². The molecule has 2 rings (SSSR count). The summed E-state index contributed by atoms with van der Waals surface area (Å²) in [5, 5.41) is 6.47. The first-order valence-corrected chi connectivity index (χ1v) is 6.61. The first-order chi connectivity index (χ1) is 8.75. The van der Waals surface area contributed by atoms with Crippen molar-refractivity contribution in [3.8, 4) is 0 Å². The van der Waals surface area contributed by atoms with Crippen molar-refractivity contribution in [2.75, 3.05) is 26.2 Å². The van der Waals surface area contributed by atoms with Crippen molar-refractivity contribution < 1.29 is 9.59 Å². The molecule has 0 spiro atoms. The average molecular weight is 252 g/mol. The Hall–Kier alpha value is -1.43. The summed E-state index contributed by atoms with van der Waals surface area (Å²) < 4.78 is 0. The Morgan fingerprint density at radius 1 is 1.33 bits per heavy atom. The highest BCUT2D eigenvalue weighted by Gasteiger charge is 2.20. The van der Waals surface area contributed by atoms with Crippen LogP contribution in [0, 0.1) is 0 Å². The summed E-state index contributed by atoms with van der Waals surface area (Å²) in [6.45, 7) is 4.21. The van der Waals surface area contributed by atoms with Gasteiger partial charge >= 0.3 is 0 Å². The summed E-state index contributed by atoms with van der Waals surface area (Å²) in [6.07, 6.45) is 4.80. The number of hydrazone groups is 1. The first kappa shape index (κ1) is 13.0. The van der Waals surface area contributed by atoms with Crippen LogP contribution in [-0.2, 0) is 9.59 Å². The van der Waals surface area contributed by atoms with Gasteiger partial charge in [-0.3, -0.25) is 9.59 Å². The molecule has 1 saturated heterocycles. The normalized spacial score (nSPS) is 19.8. The molecule has 6 nitrogen and oxygen atoms in total. The Labute approximate surface area is 107 Å². The number of rotatable bonds is 6. The molecule has 100 valence electrons. The van der Waals surface area contributed by atoms with Crippen LogP contribution in [0.4, 0.5) is 0 Å². The zero-order valence-corrected chi connectivity index (χ0v) is 10.6. The minimum atomic E-state index is -0.227. The fraction of sp³-hybridized carbons (Fsp3) is 0.750. The maximum atomic E-state index is 11.6.